The maximum atomic E-state index is 13.6. The van der Waals surface area contributed by atoms with E-state index in [-0.39, 0.29) is 18.1 Å². The second-order valence-electron chi connectivity index (χ2n) is 3.69. The third-order valence-electron chi connectivity index (χ3n) is 2.37. The number of anilines is 1. The van der Waals surface area contributed by atoms with Crippen LogP contribution in [0.25, 0.3) is 0 Å². The molecule has 0 radical (unpaired) electrons. The van der Waals surface area contributed by atoms with E-state index in [1.54, 1.807) is 24.4 Å². The molecule has 1 aromatic heterocycles. The smallest absolute Gasteiger partial charge is 0.272 e. The normalized spacial score (nSPS) is 9.58. The number of halogens is 1. The molecule has 19 heavy (non-hydrogen) atoms. The van der Waals surface area contributed by atoms with Gasteiger partial charge in [0.2, 0.25) is 0 Å². The molecule has 4 nitrogen and oxygen atoms in total. The lowest BCUT2D eigenvalue weighted by Crippen LogP contribution is -2.12. The van der Waals surface area contributed by atoms with Crippen LogP contribution >= 0.6 is 0 Å². The summed E-state index contributed by atoms with van der Waals surface area (Å²) in [6, 6.07) is 7.49. The van der Waals surface area contributed by atoms with Crippen LogP contribution in [0.15, 0.2) is 36.5 Å². The first-order valence-electron chi connectivity index (χ1n) is 5.54. The third kappa shape index (κ3) is 3.21. The van der Waals surface area contributed by atoms with Crippen molar-refractivity contribution in [2.24, 2.45) is 0 Å². The quantitative estimate of drug-likeness (QED) is 0.718. The SMILES string of the molecule is O=C(Nc1ccc(C#CCO)c(F)c1)c1ccc[nH]1. The Balaban J connectivity index is 2.14. The zero-order valence-corrected chi connectivity index (χ0v) is 9.90. The Morgan fingerprint density at radius 2 is 2.26 bits per heavy atom. The molecular weight excluding hydrogens is 247 g/mol. The monoisotopic (exact) mass is 258 g/mol. The van der Waals surface area contributed by atoms with Gasteiger partial charge in [-0.3, -0.25) is 4.79 Å². The van der Waals surface area contributed by atoms with Crippen molar-refractivity contribution in [3.8, 4) is 11.8 Å². The molecule has 1 aromatic carbocycles. The molecule has 2 rings (SSSR count). The van der Waals surface area contributed by atoms with E-state index in [0.717, 1.165) is 0 Å². The fraction of sp³-hybridized carbons (Fsp3) is 0.0714. The van der Waals surface area contributed by atoms with Crippen LogP contribution < -0.4 is 5.32 Å². The number of hydrogen-bond acceptors (Lipinski definition) is 2. The Labute approximate surface area is 109 Å². The standard InChI is InChI=1S/C14H11FN2O2/c15-12-9-11(6-5-10(12)3-2-8-18)17-14(19)13-4-1-7-16-13/h1,4-7,9,16,18H,8H2,(H,17,19). The predicted molar refractivity (Wildman–Crippen MR) is 69.1 cm³/mol. The molecular formula is C14H11FN2O2. The lowest BCUT2D eigenvalue weighted by Gasteiger charge is -2.04. The number of aromatic amines is 1. The zero-order chi connectivity index (χ0) is 13.7. The fourth-order valence-electron chi connectivity index (χ4n) is 1.50. The molecule has 0 atom stereocenters. The molecule has 0 aliphatic carbocycles. The van der Waals surface area contributed by atoms with Crippen molar-refractivity contribution in [1.82, 2.24) is 4.98 Å². The van der Waals surface area contributed by atoms with Crippen LogP contribution in [0.5, 0.6) is 0 Å². The predicted octanol–water partition coefficient (Wildman–Crippen LogP) is 1.75. The van der Waals surface area contributed by atoms with E-state index in [1.165, 1.54) is 12.1 Å². The molecule has 2 aromatic rings. The average Bonchev–Trinajstić information content (AvgIpc) is 2.92. The van der Waals surface area contributed by atoms with Crippen molar-refractivity contribution < 1.29 is 14.3 Å². The molecule has 96 valence electrons. The number of nitrogens with one attached hydrogen (secondary N) is 2. The average molecular weight is 258 g/mol. The van der Waals surface area contributed by atoms with Crippen molar-refractivity contribution in [2.75, 3.05) is 11.9 Å². The third-order valence-corrected chi connectivity index (χ3v) is 2.37. The molecule has 3 N–H and O–H groups in total. The van der Waals surface area contributed by atoms with Crippen LogP contribution in [0.3, 0.4) is 0 Å². The topological polar surface area (TPSA) is 65.1 Å². The van der Waals surface area contributed by atoms with Crippen LogP contribution in [0.4, 0.5) is 10.1 Å². The molecule has 1 amide bonds. The maximum Gasteiger partial charge on any atom is 0.272 e. The van der Waals surface area contributed by atoms with Gasteiger partial charge in [-0.15, -0.1) is 0 Å². The summed E-state index contributed by atoms with van der Waals surface area (Å²) in [7, 11) is 0. The molecule has 0 bridgehead atoms. The largest absolute Gasteiger partial charge is 0.384 e. The minimum Gasteiger partial charge on any atom is -0.384 e. The molecule has 0 saturated carbocycles. The summed E-state index contributed by atoms with van der Waals surface area (Å²) in [5, 5.41) is 11.1. The molecule has 0 aliphatic rings. The fourth-order valence-corrected chi connectivity index (χ4v) is 1.50. The minimum atomic E-state index is -0.551. The molecule has 0 spiro atoms. The second kappa shape index (κ2) is 5.85. The van der Waals surface area contributed by atoms with Gasteiger partial charge in [0.05, 0.1) is 5.56 Å². The summed E-state index contributed by atoms with van der Waals surface area (Å²) in [6.07, 6.45) is 1.63. The zero-order valence-electron chi connectivity index (χ0n) is 9.90. The Hall–Kier alpha value is -2.58. The van der Waals surface area contributed by atoms with Gasteiger partial charge in [-0.25, -0.2) is 4.39 Å². The number of aromatic nitrogens is 1. The van der Waals surface area contributed by atoms with Gasteiger partial charge in [-0.1, -0.05) is 11.8 Å². The van der Waals surface area contributed by atoms with Crippen LogP contribution in [0.2, 0.25) is 0 Å². The maximum absolute atomic E-state index is 13.6. The molecule has 0 unspecified atom stereocenters. The summed E-state index contributed by atoms with van der Waals surface area (Å²) in [4.78, 5) is 14.5. The van der Waals surface area contributed by atoms with Gasteiger partial charge >= 0.3 is 0 Å². The Morgan fingerprint density at radius 1 is 1.42 bits per heavy atom. The van der Waals surface area contributed by atoms with Gasteiger partial charge in [0.15, 0.2) is 0 Å². The highest BCUT2D eigenvalue weighted by atomic mass is 19.1. The van der Waals surface area contributed by atoms with E-state index < -0.39 is 5.82 Å². The molecule has 0 saturated heterocycles. The second-order valence-corrected chi connectivity index (χ2v) is 3.69. The van der Waals surface area contributed by atoms with Crippen LogP contribution in [0.1, 0.15) is 16.1 Å². The van der Waals surface area contributed by atoms with Crippen molar-refractivity contribution in [2.45, 2.75) is 0 Å². The number of amides is 1. The Morgan fingerprint density at radius 3 is 2.89 bits per heavy atom. The van der Waals surface area contributed by atoms with Crippen LogP contribution in [-0.2, 0) is 0 Å². The van der Waals surface area contributed by atoms with E-state index in [2.05, 4.69) is 22.1 Å². The molecule has 0 aliphatic heterocycles. The van der Waals surface area contributed by atoms with Crippen molar-refractivity contribution in [3.05, 3.63) is 53.6 Å². The number of rotatable bonds is 2. The van der Waals surface area contributed by atoms with E-state index >= 15 is 0 Å². The van der Waals surface area contributed by atoms with E-state index in [1.807, 2.05) is 0 Å². The summed E-state index contributed by atoms with van der Waals surface area (Å²) >= 11 is 0. The van der Waals surface area contributed by atoms with E-state index in [4.69, 9.17) is 5.11 Å². The number of carbonyl (C=O) groups excluding carboxylic acids is 1. The van der Waals surface area contributed by atoms with Gasteiger partial charge in [0.25, 0.3) is 5.91 Å². The minimum absolute atomic E-state index is 0.173. The van der Waals surface area contributed by atoms with Gasteiger partial charge in [-0.2, -0.15) is 0 Å². The van der Waals surface area contributed by atoms with Crippen molar-refractivity contribution >= 4 is 11.6 Å². The summed E-state index contributed by atoms with van der Waals surface area (Å²) in [5.41, 5.74) is 0.906. The molecule has 5 heteroatoms. The number of aliphatic hydroxyl groups excluding tert-OH is 1. The molecule has 0 fully saturated rings. The summed E-state index contributed by atoms with van der Waals surface area (Å²) in [5.74, 6) is 3.94. The van der Waals surface area contributed by atoms with Gasteiger partial charge < -0.3 is 15.4 Å². The number of aliphatic hydroxyl groups is 1. The number of carbonyl (C=O) groups is 1. The number of hydrogen-bond donors (Lipinski definition) is 3. The van der Waals surface area contributed by atoms with Gasteiger partial charge in [-0.05, 0) is 30.3 Å². The Kier molecular flexibility index (Phi) is 3.96. The lowest BCUT2D eigenvalue weighted by molar-refractivity contribution is 0.102. The molecule has 1 heterocycles. The lowest BCUT2D eigenvalue weighted by atomic mass is 10.2. The van der Waals surface area contributed by atoms with Gasteiger partial charge in [0, 0.05) is 11.9 Å². The first-order chi connectivity index (χ1) is 9.20. The summed E-state index contributed by atoms with van der Waals surface area (Å²) in [6.45, 7) is -0.329. The van der Waals surface area contributed by atoms with Crippen LogP contribution in [0, 0.1) is 17.7 Å². The van der Waals surface area contributed by atoms with E-state index in [9.17, 15) is 9.18 Å². The number of H-pyrrole nitrogens is 1. The Bertz CT molecular complexity index is 639. The first-order valence-corrected chi connectivity index (χ1v) is 5.54. The number of benzene rings is 1. The van der Waals surface area contributed by atoms with Gasteiger partial charge in [0.1, 0.15) is 18.1 Å². The highest BCUT2D eigenvalue weighted by Crippen LogP contribution is 2.14. The van der Waals surface area contributed by atoms with Crippen LogP contribution in [-0.4, -0.2) is 22.6 Å². The van der Waals surface area contributed by atoms with Crippen molar-refractivity contribution in [1.29, 1.82) is 0 Å². The van der Waals surface area contributed by atoms with Crippen molar-refractivity contribution in [3.63, 3.8) is 0 Å². The highest BCUT2D eigenvalue weighted by molar-refractivity contribution is 6.02. The van der Waals surface area contributed by atoms with E-state index in [0.29, 0.717) is 11.4 Å². The summed E-state index contributed by atoms with van der Waals surface area (Å²) < 4.78 is 13.6. The highest BCUT2D eigenvalue weighted by Gasteiger charge is 2.08. The first kappa shape index (κ1) is 12.9.